The van der Waals surface area contributed by atoms with E-state index in [2.05, 4.69) is 29.4 Å². The number of aryl methyl sites for hydroxylation is 2. The molecule has 2 N–H and O–H groups in total. The van der Waals surface area contributed by atoms with Crippen LogP contribution in [0.15, 0.2) is 30.5 Å². The first-order chi connectivity index (χ1) is 9.29. The maximum absolute atomic E-state index is 5.67. The number of hydrogen-bond donors (Lipinski definition) is 1. The molecule has 1 aromatic carbocycles. The van der Waals surface area contributed by atoms with Crippen LogP contribution in [-0.2, 0) is 13.1 Å². The smallest absolute Gasteiger partial charge is 0.119 e. The molecule has 0 aliphatic carbocycles. The van der Waals surface area contributed by atoms with E-state index in [1.54, 1.807) is 6.20 Å². The first kappa shape index (κ1) is 13.5. The van der Waals surface area contributed by atoms with E-state index in [9.17, 15) is 0 Å². The molecular formula is C14H20N4O. The lowest BCUT2D eigenvalue weighted by Crippen LogP contribution is -2.10. The lowest BCUT2D eigenvalue weighted by molar-refractivity contribution is 0.301. The average Bonchev–Trinajstić information content (AvgIpc) is 2.88. The van der Waals surface area contributed by atoms with Crippen molar-refractivity contribution in [2.75, 3.05) is 6.61 Å². The van der Waals surface area contributed by atoms with Crippen LogP contribution in [0.3, 0.4) is 0 Å². The molecule has 1 heterocycles. The molecular weight excluding hydrogens is 240 g/mol. The van der Waals surface area contributed by atoms with E-state index in [0.29, 0.717) is 6.54 Å². The Balaban J connectivity index is 1.66. The van der Waals surface area contributed by atoms with Gasteiger partial charge in [-0.25, -0.2) is 4.68 Å². The molecule has 0 unspecified atom stereocenters. The topological polar surface area (TPSA) is 66.0 Å². The fourth-order valence-corrected chi connectivity index (χ4v) is 1.81. The van der Waals surface area contributed by atoms with E-state index in [-0.39, 0.29) is 0 Å². The van der Waals surface area contributed by atoms with Crippen LogP contribution < -0.4 is 10.5 Å². The van der Waals surface area contributed by atoms with Gasteiger partial charge in [-0.05, 0) is 31.9 Å². The maximum Gasteiger partial charge on any atom is 0.119 e. The molecule has 0 spiro atoms. The third-order valence-electron chi connectivity index (χ3n) is 2.96. The summed E-state index contributed by atoms with van der Waals surface area (Å²) in [6.07, 6.45) is 3.70. The van der Waals surface area contributed by atoms with Gasteiger partial charge in [-0.3, -0.25) is 0 Å². The monoisotopic (exact) mass is 260 g/mol. The minimum absolute atomic E-state index is 0.479. The molecule has 5 heteroatoms. The van der Waals surface area contributed by atoms with Crippen LogP contribution in [0, 0.1) is 6.92 Å². The highest BCUT2D eigenvalue weighted by molar-refractivity contribution is 5.26. The summed E-state index contributed by atoms with van der Waals surface area (Å²) in [5, 5.41) is 7.85. The summed E-state index contributed by atoms with van der Waals surface area (Å²) >= 11 is 0. The molecule has 0 aliphatic heterocycles. The minimum atomic E-state index is 0.479. The molecule has 0 saturated carbocycles. The molecule has 0 fully saturated rings. The summed E-state index contributed by atoms with van der Waals surface area (Å²) in [7, 11) is 0. The highest BCUT2D eigenvalue weighted by atomic mass is 16.5. The van der Waals surface area contributed by atoms with Crippen LogP contribution >= 0.6 is 0 Å². The highest BCUT2D eigenvalue weighted by Crippen LogP contribution is 2.11. The quantitative estimate of drug-likeness (QED) is 0.772. The molecule has 0 atom stereocenters. The number of rotatable bonds is 7. The van der Waals surface area contributed by atoms with Gasteiger partial charge in [-0.15, -0.1) is 5.10 Å². The summed E-state index contributed by atoms with van der Waals surface area (Å²) < 4.78 is 7.52. The molecule has 0 aliphatic rings. The Kier molecular flexibility index (Phi) is 4.92. The van der Waals surface area contributed by atoms with Gasteiger partial charge in [0.05, 0.1) is 18.5 Å². The van der Waals surface area contributed by atoms with E-state index >= 15 is 0 Å². The summed E-state index contributed by atoms with van der Waals surface area (Å²) in [6, 6.07) is 8.11. The Morgan fingerprint density at radius 2 is 2.00 bits per heavy atom. The Morgan fingerprint density at radius 1 is 1.21 bits per heavy atom. The van der Waals surface area contributed by atoms with Crippen molar-refractivity contribution < 1.29 is 4.74 Å². The van der Waals surface area contributed by atoms with Crippen LogP contribution in [0.4, 0.5) is 0 Å². The Hall–Kier alpha value is -1.88. The molecule has 1 aromatic heterocycles. The molecule has 0 radical (unpaired) electrons. The van der Waals surface area contributed by atoms with Crippen LogP contribution in [0.1, 0.15) is 24.1 Å². The second kappa shape index (κ2) is 6.89. The fourth-order valence-electron chi connectivity index (χ4n) is 1.81. The van der Waals surface area contributed by atoms with Crippen molar-refractivity contribution in [3.05, 3.63) is 41.7 Å². The Bertz CT molecular complexity index is 492. The zero-order chi connectivity index (χ0) is 13.5. The van der Waals surface area contributed by atoms with E-state index in [0.717, 1.165) is 37.4 Å². The molecule has 2 aromatic rings. The van der Waals surface area contributed by atoms with Crippen molar-refractivity contribution in [2.24, 2.45) is 5.73 Å². The molecule has 19 heavy (non-hydrogen) atoms. The van der Waals surface area contributed by atoms with Gasteiger partial charge < -0.3 is 10.5 Å². The van der Waals surface area contributed by atoms with Crippen LogP contribution in [-0.4, -0.2) is 21.6 Å². The van der Waals surface area contributed by atoms with Gasteiger partial charge in [-0.2, -0.15) is 0 Å². The normalized spacial score (nSPS) is 10.6. The van der Waals surface area contributed by atoms with E-state index in [1.165, 1.54) is 5.56 Å². The second-order valence-corrected chi connectivity index (χ2v) is 4.52. The van der Waals surface area contributed by atoms with Crippen LogP contribution in [0.25, 0.3) is 0 Å². The van der Waals surface area contributed by atoms with Crippen LogP contribution in [0.5, 0.6) is 5.75 Å². The molecule has 0 saturated heterocycles. The lowest BCUT2D eigenvalue weighted by atomic mass is 10.2. The van der Waals surface area contributed by atoms with Gasteiger partial charge in [0.1, 0.15) is 5.75 Å². The van der Waals surface area contributed by atoms with Gasteiger partial charge in [-0.1, -0.05) is 22.9 Å². The van der Waals surface area contributed by atoms with Crippen LogP contribution in [0.2, 0.25) is 0 Å². The summed E-state index contributed by atoms with van der Waals surface area (Å²) in [5.41, 5.74) is 7.80. The van der Waals surface area contributed by atoms with Gasteiger partial charge in [0, 0.05) is 13.1 Å². The second-order valence-electron chi connectivity index (χ2n) is 4.52. The van der Waals surface area contributed by atoms with Crippen molar-refractivity contribution in [2.45, 2.75) is 32.9 Å². The SMILES string of the molecule is Cc1ccc(OCCCCn2nncc2CN)cc1. The third kappa shape index (κ3) is 4.06. The number of nitrogens with two attached hydrogens (primary N) is 1. The van der Waals surface area contributed by atoms with Crippen molar-refractivity contribution in [1.29, 1.82) is 0 Å². The highest BCUT2D eigenvalue weighted by Gasteiger charge is 2.01. The summed E-state index contributed by atoms with van der Waals surface area (Å²) in [4.78, 5) is 0. The van der Waals surface area contributed by atoms with Gasteiger partial charge in [0.2, 0.25) is 0 Å². The predicted octanol–water partition coefficient (Wildman–Crippen LogP) is 1.90. The Morgan fingerprint density at radius 3 is 2.74 bits per heavy atom. The number of nitrogens with zero attached hydrogens (tertiary/aromatic N) is 3. The fraction of sp³-hybridized carbons (Fsp3) is 0.429. The van der Waals surface area contributed by atoms with Crippen molar-refractivity contribution in [1.82, 2.24) is 15.0 Å². The standard InChI is InChI=1S/C14H20N4O/c1-12-4-6-14(7-5-12)19-9-3-2-8-18-13(10-15)11-16-17-18/h4-7,11H,2-3,8-10,15H2,1H3. The minimum Gasteiger partial charge on any atom is -0.494 e. The van der Waals surface area contributed by atoms with Crippen molar-refractivity contribution in [3.63, 3.8) is 0 Å². The molecule has 0 bridgehead atoms. The zero-order valence-electron chi connectivity index (χ0n) is 11.2. The molecule has 2 rings (SSSR count). The lowest BCUT2D eigenvalue weighted by Gasteiger charge is -2.07. The third-order valence-corrected chi connectivity index (χ3v) is 2.96. The number of aromatic nitrogens is 3. The summed E-state index contributed by atoms with van der Waals surface area (Å²) in [6.45, 7) is 4.10. The predicted molar refractivity (Wildman–Crippen MR) is 73.8 cm³/mol. The van der Waals surface area contributed by atoms with E-state index in [4.69, 9.17) is 10.5 Å². The first-order valence-corrected chi connectivity index (χ1v) is 6.56. The van der Waals surface area contributed by atoms with Gasteiger partial charge in [0.25, 0.3) is 0 Å². The summed E-state index contributed by atoms with van der Waals surface area (Å²) in [5.74, 6) is 0.925. The largest absolute Gasteiger partial charge is 0.494 e. The van der Waals surface area contributed by atoms with E-state index < -0.39 is 0 Å². The maximum atomic E-state index is 5.67. The number of ether oxygens (including phenoxy) is 1. The first-order valence-electron chi connectivity index (χ1n) is 6.56. The molecule has 0 amide bonds. The molecule has 102 valence electrons. The average molecular weight is 260 g/mol. The number of hydrogen-bond acceptors (Lipinski definition) is 4. The van der Waals surface area contributed by atoms with E-state index in [1.807, 2.05) is 16.8 Å². The number of benzene rings is 1. The van der Waals surface area contributed by atoms with Crippen molar-refractivity contribution in [3.8, 4) is 5.75 Å². The van der Waals surface area contributed by atoms with Gasteiger partial charge >= 0.3 is 0 Å². The Labute approximate surface area is 113 Å². The zero-order valence-corrected chi connectivity index (χ0v) is 11.2. The number of unbranched alkanes of at least 4 members (excludes halogenated alkanes) is 1. The molecule has 5 nitrogen and oxygen atoms in total. The van der Waals surface area contributed by atoms with Gasteiger partial charge in [0.15, 0.2) is 0 Å². The van der Waals surface area contributed by atoms with Crippen molar-refractivity contribution >= 4 is 0 Å².